The van der Waals surface area contributed by atoms with Crippen molar-refractivity contribution in [3.05, 3.63) is 16.4 Å². The number of hydrogen-bond donors (Lipinski definition) is 1. The van der Waals surface area contributed by atoms with Crippen molar-refractivity contribution in [2.75, 3.05) is 20.1 Å². The fourth-order valence-corrected chi connectivity index (χ4v) is 2.99. The molecule has 1 aliphatic heterocycles. The molecule has 4 nitrogen and oxygen atoms in total. The fourth-order valence-electron chi connectivity index (χ4n) is 2.64. The maximum Gasteiger partial charge on any atom is 0.0863 e. The van der Waals surface area contributed by atoms with E-state index in [9.17, 15) is 0 Å². The average Bonchev–Trinajstić information content (AvgIpc) is 2.66. The lowest BCUT2D eigenvalue weighted by atomic mass is 10.1. The number of aryl methyl sites for hydroxylation is 2. The van der Waals surface area contributed by atoms with Gasteiger partial charge in [0.1, 0.15) is 0 Å². The second-order valence-corrected chi connectivity index (χ2v) is 5.43. The zero-order valence-electron chi connectivity index (χ0n) is 11.5. The van der Waals surface area contributed by atoms with Gasteiger partial charge in [-0.05, 0) is 32.9 Å². The predicted octanol–water partition coefficient (Wildman–Crippen LogP) is 1.82. The maximum absolute atomic E-state index is 6.39. The van der Waals surface area contributed by atoms with Gasteiger partial charge in [0.25, 0.3) is 0 Å². The first-order chi connectivity index (χ1) is 8.65. The van der Waals surface area contributed by atoms with Gasteiger partial charge in [-0.15, -0.1) is 0 Å². The number of aromatic nitrogens is 2. The molecule has 1 N–H and O–H groups in total. The zero-order valence-corrected chi connectivity index (χ0v) is 12.3. The number of hydrogen-bond acceptors (Lipinski definition) is 3. The smallest absolute Gasteiger partial charge is 0.0863 e. The lowest BCUT2D eigenvalue weighted by Crippen LogP contribution is -2.44. The Labute approximate surface area is 114 Å². The van der Waals surface area contributed by atoms with Crippen molar-refractivity contribution in [3.8, 4) is 0 Å². The van der Waals surface area contributed by atoms with Crippen molar-refractivity contribution in [1.29, 1.82) is 0 Å². The SMILES string of the molecule is CCc1nn(C)c(CN2CCCC(NC)C2)c1Cl. The van der Waals surface area contributed by atoms with E-state index >= 15 is 0 Å². The highest BCUT2D eigenvalue weighted by Gasteiger charge is 2.21. The first-order valence-electron chi connectivity index (χ1n) is 6.75. The third kappa shape index (κ3) is 2.87. The lowest BCUT2D eigenvalue weighted by Gasteiger charge is -2.32. The standard InChI is InChI=1S/C13H23ClN4/c1-4-11-13(14)12(17(3)16-11)9-18-7-5-6-10(8-18)15-2/h10,15H,4-9H2,1-3H3. The van der Waals surface area contributed by atoms with E-state index in [-0.39, 0.29) is 0 Å². The van der Waals surface area contributed by atoms with Gasteiger partial charge in [0.2, 0.25) is 0 Å². The second-order valence-electron chi connectivity index (χ2n) is 5.05. The molecule has 1 fully saturated rings. The fraction of sp³-hybridized carbons (Fsp3) is 0.769. The molecule has 0 aliphatic carbocycles. The summed E-state index contributed by atoms with van der Waals surface area (Å²) in [5.41, 5.74) is 2.15. The van der Waals surface area contributed by atoms with Gasteiger partial charge in [-0.2, -0.15) is 5.10 Å². The van der Waals surface area contributed by atoms with E-state index in [1.807, 2.05) is 18.8 Å². The molecule has 0 saturated carbocycles. The van der Waals surface area contributed by atoms with E-state index in [2.05, 4.69) is 22.2 Å². The summed E-state index contributed by atoms with van der Waals surface area (Å²) in [6, 6.07) is 0.608. The van der Waals surface area contributed by atoms with Crippen LogP contribution < -0.4 is 5.32 Å². The Kier molecular flexibility index (Phi) is 4.65. The van der Waals surface area contributed by atoms with Gasteiger partial charge >= 0.3 is 0 Å². The minimum absolute atomic E-state index is 0.608. The number of likely N-dealkylation sites (tertiary alicyclic amines) is 1. The van der Waals surface area contributed by atoms with Gasteiger partial charge in [-0.3, -0.25) is 9.58 Å². The number of piperidine rings is 1. The van der Waals surface area contributed by atoms with Crippen molar-refractivity contribution in [3.63, 3.8) is 0 Å². The van der Waals surface area contributed by atoms with Crippen LogP contribution in [0.4, 0.5) is 0 Å². The largest absolute Gasteiger partial charge is 0.316 e. The van der Waals surface area contributed by atoms with Crippen LogP contribution in [0.25, 0.3) is 0 Å². The molecule has 5 heteroatoms. The molecule has 0 radical (unpaired) electrons. The maximum atomic E-state index is 6.39. The van der Waals surface area contributed by atoms with Crippen molar-refractivity contribution >= 4 is 11.6 Å². The molecule has 1 atom stereocenters. The van der Waals surface area contributed by atoms with Crippen LogP contribution in [0.5, 0.6) is 0 Å². The summed E-state index contributed by atoms with van der Waals surface area (Å²) >= 11 is 6.39. The number of halogens is 1. The predicted molar refractivity (Wildman–Crippen MR) is 75.0 cm³/mol. The van der Waals surface area contributed by atoms with Gasteiger partial charge in [0.05, 0.1) is 16.4 Å². The van der Waals surface area contributed by atoms with Crippen molar-refractivity contribution in [2.24, 2.45) is 7.05 Å². The van der Waals surface area contributed by atoms with E-state index < -0.39 is 0 Å². The van der Waals surface area contributed by atoms with Gasteiger partial charge in [-0.1, -0.05) is 18.5 Å². The number of nitrogens with one attached hydrogen (secondary N) is 1. The minimum Gasteiger partial charge on any atom is -0.316 e. The topological polar surface area (TPSA) is 33.1 Å². The van der Waals surface area contributed by atoms with Crippen LogP contribution >= 0.6 is 11.6 Å². The number of nitrogens with zero attached hydrogens (tertiary/aromatic N) is 3. The molecule has 1 aromatic rings. The van der Waals surface area contributed by atoms with E-state index in [0.29, 0.717) is 6.04 Å². The Balaban J connectivity index is 2.07. The Morgan fingerprint density at radius 1 is 1.50 bits per heavy atom. The molecule has 1 saturated heterocycles. The molecule has 18 heavy (non-hydrogen) atoms. The monoisotopic (exact) mass is 270 g/mol. The molecule has 102 valence electrons. The Hall–Kier alpha value is -0.580. The van der Waals surface area contributed by atoms with E-state index in [1.165, 1.54) is 12.8 Å². The Bertz CT molecular complexity index is 402. The molecule has 1 aliphatic rings. The van der Waals surface area contributed by atoms with Crippen LogP contribution in [0.1, 0.15) is 31.2 Å². The summed E-state index contributed by atoms with van der Waals surface area (Å²) in [5, 5.41) is 8.70. The highest BCUT2D eigenvalue weighted by molar-refractivity contribution is 6.31. The average molecular weight is 271 g/mol. The quantitative estimate of drug-likeness (QED) is 0.906. The summed E-state index contributed by atoms with van der Waals surface area (Å²) in [4.78, 5) is 2.47. The minimum atomic E-state index is 0.608. The van der Waals surface area contributed by atoms with Crippen LogP contribution in [0.2, 0.25) is 5.02 Å². The molecular weight excluding hydrogens is 248 g/mol. The number of rotatable bonds is 4. The van der Waals surface area contributed by atoms with E-state index in [4.69, 9.17) is 11.6 Å². The third-order valence-corrected chi connectivity index (χ3v) is 4.23. The Morgan fingerprint density at radius 3 is 2.89 bits per heavy atom. The molecule has 0 bridgehead atoms. The van der Waals surface area contributed by atoms with Crippen LogP contribution in [0, 0.1) is 0 Å². The molecule has 2 heterocycles. The molecule has 1 unspecified atom stereocenters. The van der Waals surface area contributed by atoms with Crippen molar-refractivity contribution in [1.82, 2.24) is 20.0 Å². The molecule has 0 amide bonds. The highest BCUT2D eigenvalue weighted by Crippen LogP contribution is 2.23. The molecule has 1 aromatic heterocycles. The Morgan fingerprint density at radius 2 is 2.28 bits per heavy atom. The molecule has 2 rings (SSSR count). The summed E-state index contributed by atoms with van der Waals surface area (Å²) in [6.07, 6.45) is 3.42. The first kappa shape index (κ1) is 13.8. The van der Waals surface area contributed by atoms with Gasteiger partial charge in [0.15, 0.2) is 0 Å². The van der Waals surface area contributed by atoms with Crippen LogP contribution in [-0.4, -0.2) is 40.9 Å². The summed E-state index contributed by atoms with van der Waals surface area (Å²) in [7, 11) is 4.03. The van der Waals surface area contributed by atoms with E-state index in [1.54, 1.807) is 0 Å². The first-order valence-corrected chi connectivity index (χ1v) is 7.13. The third-order valence-electron chi connectivity index (χ3n) is 3.79. The summed E-state index contributed by atoms with van der Waals surface area (Å²) in [6.45, 7) is 5.25. The van der Waals surface area contributed by atoms with Crippen LogP contribution in [-0.2, 0) is 20.0 Å². The summed E-state index contributed by atoms with van der Waals surface area (Å²) in [5.74, 6) is 0. The highest BCUT2D eigenvalue weighted by atomic mass is 35.5. The van der Waals surface area contributed by atoms with Crippen molar-refractivity contribution in [2.45, 2.75) is 38.8 Å². The normalized spacial score (nSPS) is 21.4. The molecule has 0 aromatic carbocycles. The van der Waals surface area contributed by atoms with Gasteiger partial charge in [0, 0.05) is 26.2 Å². The van der Waals surface area contributed by atoms with Crippen molar-refractivity contribution < 1.29 is 0 Å². The van der Waals surface area contributed by atoms with Gasteiger partial charge < -0.3 is 5.32 Å². The van der Waals surface area contributed by atoms with Gasteiger partial charge in [-0.25, -0.2) is 0 Å². The molecule has 0 spiro atoms. The zero-order chi connectivity index (χ0) is 13.1. The van der Waals surface area contributed by atoms with Crippen LogP contribution in [0.3, 0.4) is 0 Å². The summed E-state index contributed by atoms with van der Waals surface area (Å²) < 4.78 is 1.93. The van der Waals surface area contributed by atoms with Crippen LogP contribution in [0.15, 0.2) is 0 Å². The number of likely N-dealkylation sites (N-methyl/N-ethyl adjacent to an activating group) is 1. The second kappa shape index (κ2) is 6.04. The van der Waals surface area contributed by atoms with E-state index in [0.717, 1.165) is 42.5 Å². The molecular formula is C13H23ClN4. The lowest BCUT2D eigenvalue weighted by molar-refractivity contribution is 0.184.